The van der Waals surface area contributed by atoms with E-state index in [1.165, 1.54) is 12.1 Å². The first-order valence-electron chi connectivity index (χ1n) is 7.05. The van der Waals surface area contributed by atoms with Gasteiger partial charge in [-0.25, -0.2) is 8.78 Å². The van der Waals surface area contributed by atoms with Gasteiger partial charge in [0.05, 0.1) is 11.4 Å². The van der Waals surface area contributed by atoms with Gasteiger partial charge >= 0.3 is 0 Å². The molecule has 0 spiro atoms. The average molecular weight is 290 g/mol. The summed E-state index contributed by atoms with van der Waals surface area (Å²) in [6.45, 7) is 1.99. The fourth-order valence-electron chi connectivity index (χ4n) is 2.37. The fourth-order valence-corrected chi connectivity index (χ4v) is 2.37. The van der Waals surface area contributed by atoms with Crippen LogP contribution in [-0.2, 0) is 6.42 Å². The van der Waals surface area contributed by atoms with Crippen LogP contribution in [0.3, 0.4) is 0 Å². The number of hydrogen-bond acceptors (Lipinski definition) is 2. The number of hydrogen-bond donors (Lipinski definition) is 1. The highest BCUT2D eigenvalue weighted by molar-refractivity contribution is 5.67. The number of anilines is 2. The lowest BCUT2D eigenvalue weighted by molar-refractivity contribution is 0.608. The summed E-state index contributed by atoms with van der Waals surface area (Å²) in [5.41, 5.74) is 7.49. The Bertz CT molecular complexity index is 613. The Morgan fingerprint density at radius 3 is 2.38 bits per heavy atom. The predicted molar refractivity (Wildman–Crippen MR) is 82.8 cm³/mol. The van der Waals surface area contributed by atoms with Crippen LogP contribution in [-0.4, -0.2) is 13.1 Å². The Morgan fingerprint density at radius 2 is 1.71 bits per heavy atom. The molecule has 0 aliphatic heterocycles. The van der Waals surface area contributed by atoms with E-state index in [-0.39, 0.29) is 17.7 Å². The molecular weight excluding hydrogens is 270 g/mol. The monoisotopic (exact) mass is 290 g/mol. The van der Waals surface area contributed by atoms with E-state index in [0.717, 1.165) is 12.0 Å². The summed E-state index contributed by atoms with van der Waals surface area (Å²) in [6, 6.07) is 11.2. The molecular formula is C17H20F2N2. The molecule has 1 atom stereocenters. The second-order valence-corrected chi connectivity index (χ2v) is 5.13. The zero-order valence-corrected chi connectivity index (χ0v) is 12.3. The summed E-state index contributed by atoms with van der Waals surface area (Å²) < 4.78 is 28.2. The minimum atomic E-state index is -0.381. The van der Waals surface area contributed by atoms with E-state index in [1.807, 2.05) is 13.0 Å². The molecule has 4 heteroatoms. The van der Waals surface area contributed by atoms with Gasteiger partial charge in [0.1, 0.15) is 11.6 Å². The van der Waals surface area contributed by atoms with Crippen molar-refractivity contribution < 1.29 is 8.78 Å². The van der Waals surface area contributed by atoms with Crippen molar-refractivity contribution >= 4 is 11.4 Å². The minimum absolute atomic E-state index is 0.0421. The largest absolute Gasteiger partial charge is 0.340 e. The minimum Gasteiger partial charge on any atom is -0.340 e. The Morgan fingerprint density at radius 1 is 1.05 bits per heavy atom. The molecule has 0 radical (unpaired) electrons. The van der Waals surface area contributed by atoms with E-state index >= 15 is 0 Å². The second kappa shape index (κ2) is 6.68. The molecule has 1 unspecified atom stereocenters. The first-order chi connectivity index (χ1) is 10.0. The smallest absolute Gasteiger partial charge is 0.147 e. The molecule has 21 heavy (non-hydrogen) atoms. The molecule has 2 rings (SSSR count). The van der Waals surface area contributed by atoms with Gasteiger partial charge in [0, 0.05) is 13.1 Å². The van der Waals surface area contributed by atoms with Crippen LogP contribution in [0, 0.1) is 11.6 Å². The van der Waals surface area contributed by atoms with Gasteiger partial charge in [0.15, 0.2) is 0 Å². The van der Waals surface area contributed by atoms with Crippen LogP contribution in [0.25, 0.3) is 0 Å². The maximum Gasteiger partial charge on any atom is 0.147 e. The first-order valence-corrected chi connectivity index (χ1v) is 7.05. The van der Waals surface area contributed by atoms with Crippen LogP contribution in [0.2, 0.25) is 0 Å². The molecule has 2 N–H and O–H groups in total. The summed E-state index contributed by atoms with van der Waals surface area (Å²) in [4.78, 5) is 1.54. The van der Waals surface area contributed by atoms with Gasteiger partial charge in [0.2, 0.25) is 0 Å². The molecule has 2 nitrogen and oxygen atoms in total. The van der Waals surface area contributed by atoms with Crippen molar-refractivity contribution in [1.82, 2.24) is 0 Å². The van der Waals surface area contributed by atoms with Crippen molar-refractivity contribution in [1.29, 1.82) is 0 Å². The molecule has 0 amide bonds. The Kier molecular flexibility index (Phi) is 4.91. The lowest BCUT2D eigenvalue weighted by Gasteiger charge is -2.24. The van der Waals surface area contributed by atoms with E-state index < -0.39 is 0 Å². The number of nitrogens with two attached hydrogens (primary N) is 1. The number of para-hydroxylation sites is 2. The van der Waals surface area contributed by atoms with Gasteiger partial charge in [-0.15, -0.1) is 0 Å². The first kappa shape index (κ1) is 15.4. The summed E-state index contributed by atoms with van der Waals surface area (Å²) in [7, 11) is 1.66. The molecule has 0 aromatic heterocycles. The molecule has 0 fully saturated rings. The highest BCUT2D eigenvalue weighted by atomic mass is 19.1. The van der Waals surface area contributed by atoms with Crippen molar-refractivity contribution in [3.8, 4) is 0 Å². The third kappa shape index (κ3) is 3.39. The summed E-state index contributed by atoms with van der Waals surface area (Å²) >= 11 is 0. The molecule has 0 aliphatic rings. The average Bonchev–Trinajstić information content (AvgIpc) is 2.47. The number of nitrogens with zero attached hydrogens (tertiary/aromatic N) is 1. The SMILES string of the molecule is CCC(N)Cc1cccc(F)c1N(C)c1ccccc1F. The molecule has 0 saturated carbocycles. The van der Waals surface area contributed by atoms with Crippen molar-refractivity contribution in [3.05, 3.63) is 59.7 Å². The normalized spacial score (nSPS) is 12.2. The van der Waals surface area contributed by atoms with Crippen molar-refractivity contribution in [2.75, 3.05) is 11.9 Å². The van der Waals surface area contributed by atoms with Crippen LogP contribution >= 0.6 is 0 Å². The summed E-state index contributed by atoms with van der Waals surface area (Å²) in [5.74, 6) is -0.754. The van der Waals surface area contributed by atoms with Gasteiger partial charge in [-0.2, -0.15) is 0 Å². The van der Waals surface area contributed by atoms with Crippen molar-refractivity contribution in [3.63, 3.8) is 0 Å². The topological polar surface area (TPSA) is 29.3 Å². The Hall–Kier alpha value is -1.94. The highest BCUT2D eigenvalue weighted by Crippen LogP contribution is 2.32. The van der Waals surface area contributed by atoms with E-state index in [0.29, 0.717) is 17.8 Å². The third-order valence-corrected chi connectivity index (χ3v) is 3.63. The maximum absolute atomic E-state index is 14.3. The molecule has 112 valence electrons. The van der Waals surface area contributed by atoms with Crippen LogP contribution < -0.4 is 10.6 Å². The second-order valence-electron chi connectivity index (χ2n) is 5.13. The van der Waals surface area contributed by atoms with Gasteiger partial charge in [-0.05, 0) is 36.6 Å². The van der Waals surface area contributed by atoms with Crippen LogP contribution in [0.15, 0.2) is 42.5 Å². The lowest BCUT2D eigenvalue weighted by atomic mass is 10.0. The Balaban J connectivity index is 2.45. The molecule has 0 saturated heterocycles. The van der Waals surface area contributed by atoms with Crippen LogP contribution in [0.4, 0.5) is 20.2 Å². The maximum atomic E-state index is 14.3. The van der Waals surface area contributed by atoms with Crippen LogP contribution in [0.5, 0.6) is 0 Å². The number of benzene rings is 2. The van der Waals surface area contributed by atoms with Crippen LogP contribution in [0.1, 0.15) is 18.9 Å². The lowest BCUT2D eigenvalue weighted by Crippen LogP contribution is -2.23. The highest BCUT2D eigenvalue weighted by Gasteiger charge is 2.17. The molecule has 0 heterocycles. The van der Waals surface area contributed by atoms with Crippen molar-refractivity contribution in [2.24, 2.45) is 5.73 Å². The quantitative estimate of drug-likeness (QED) is 0.901. The summed E-state index contributed by atoms with van der Waals surface area (Å²) in [5, 5.41) is 0. The van der Waals surface area contributed by atoms with E-state index in [4.69, 9.17) is 5.73 Å². The van der Waals surface area contributed by atoms with E-state index in [1.54, 1.807) is 36.2 Å². The van der Waals surface area contributed by atoms with Gasteiger partial charge in [-0.1, -0.05) is 31.2 Å². The standard InChI is InChI=1S/C17H20F2N2/c1-3-13(20)11-12-7-6-9-15(19)17(12)21(2)16-10-5-4-8-14(16)18/h4-10,13H,3,11,20H2,1-2H3. The fraction of sp³-hybridized carbons (Fsp3) is 0.294. The van der Waals surface area contributed by atoms with Gasteiger partial charge in [0.25, 0.3) is 0 Å². The number of rotatable bonds is 5. The molecule has 0 aliphatic carbocycles. The van der Waals surface area contributed by atoms with Gasteiger partial charge < -0.3 is 10.6 Å². The number of halogens is 2. The molecule has 2 aromatic carbocycles. The zero-order chi connectivity index (χ0) is 15.4. The summed E-state index contributed by atoms with van der Waals surface area (Å²) in [6.07, 6.45) is 1.36. The Labute approximate surface area is 124 Å². The van der Waals surface area contributed by atoms with Crippen molar-refractivity contribution in [2.45, 2.75) is 25.8 Å². The molecule has 0 bridgehead atoms. The predicted octanol–water partition coefficient (Wildman–Crippen LogP) is 4.01. The van der Waals surface area contributed by atoms with E-state index in [9.17, 15) is 8.78 Å². The van der Waals surface area contributed by atoms with Gasteiger partial charge in [-0.3, -0.25) is 0 Å². The third-order valence-electron chi connectivity index (χ3n) is 3.63. The zero-order valence-electron chi connectivity index (χ0n) is 12.3. The molecule has 2 aromatic rings. The van der Waals surface area contributed by atoms with E-state index in [2.05, 4.69) is 0 Å².